The lowest BCUT2D eigenvalue weighted by atomic mass is 10.1. The molecule has 184 valence electrons. The third kappa shape index (κ3) is 4.38. The number of fused-ring (bicyclic) bond motifs is 1. The van der Waals surface area contributed by atoms with Gasteiger partial charge in [-0.15, -0.1) is 0 Å². The molecule has 9 heteroatoms. The maximum Gasteiger partial charge on any atom is 0.252 e. The van der Waals surface area contributed by atoms with Gasteiger partial charge >= 0.3 is 0 Å². The van der Waals surface area contributed by atoms with Gasteiger partial charge in [0.1, 0.15) is 17.6 Å². The number of nitrogens with zero attached hydrogens (tertiary/aromatic N) is 2. The Hall–Kier alpha value is -3.95. The summed E-state index contributed by atoms with van der Waals surface area (Å²) in [5.74, 6) is -0.123. The normalized spacial score (nSPS) is 16.3. The van der Waals surface area contributed by atoms with E-state index >= 15 is 0 Å². The third-order valence-corrected chi connectivity index (χ3v) is 7.95. The van der Waals surface area contributed by atoms with Gasteiger partial charge in [-0.25, -0.2) is 13.3 Å². The number of imide groups is 1. The fourth-order valence-corrected chi connectivity index (χ4v) is 5.94. The summed E-state index contributed by atoms with van der Waals surface area (Å²) in [6, 6.07) is 20.8. The summed E-state index contributed by atoms with van der Waals surface area (Å²) in [4.78, 5) is 27.6. The van der Waals surface area contributed by atoms with Crippen LogP contribution in [0.4, 0.5) is 5.69 Å². The monoisotopic (exact) mass is 504 g/mol. The van der Waals surface area contributed by atoms with Crippen LogP contribution in [0.1, 0.15) is 19.1 Å². The van der Waals surface area contributed by atoms with Gasteiger partial charge in [-0.05, 0) is 66.2 Å². The number of hydrogen-bond acceptors (Lipinski definition) is 6. The molecule has 0 bridgehead atoms. The fraction of sp³-hybridized carbons (Fsp3) is 0.185. The molecule has 2 heterocycles. The first-order valence-corrected chi connectivity index (χ1v) is 12.9. The zero-order valence-electron chi connectivity index (χ0n) is 19.5. The van der Waals surface area contributed by atoms with Crippen LogP contribution in [0.3, 0.4) is 0 Å². The molecule has 5 rings (SSSR count). The van der Waals surface area contributed by atoms with E-state index in [2.05, 4.69) is 0 Å². The predicted molar refractivity (Wildman–Crippen MR) is 134 cm³/mol. The van der Waals surface area contributed by atoms with E-state index in [0.717, 1.165) is 20.0 Å². The van der Waals surface area contributed by atoms with Gasteiger partial charge in [-0.1, -0.05) is 30.3 Å². The molecule has 2 amide bonds. The van der Waals surface area contributed by atoms with Gasteiger partial charge in [0.15, 0.2) is 0 Å². The van der Waals surface area contributed by atoms with Crippen molar-refractivity contribution in [3.05, 3.63) is 90.9 Å². The van der Waals surface area contributed by atoms with E-state index in [1.165, 1.54) is 12.3 Å². The van der Waals surface area contributed by atoms with Gasteiger partial charge in [0, 0.05) is 0 Å². The maximum atomic E-state index is 13.9. The van der Waals surface area contributed by atoms with Crippen molar-refractivity contribution in [3.8, 4) is 5.75 Å². The lowest BCUT2D eigenvalue weighted by Gasteiger charge is -2.26. The SMILES string of the molecule is CCOc1ccc(N2C(=O)CC(N(Cc3ccco3)S(=O)(=O)c3ccc4ccccc4c3)C2=O)cc1. The molecule has 1 atom stereocenters. The number of carbonyl (C=O) groups excluding carboxylic acids is 2. The summed E-state index contributed by atoms with van der Waals surface area (Å²) in [6.07, 6.45) is 1.16. The van der Waals surface area contributed by atoms with Crippen LogP contribution in [0.2, 0.25) is 0 Å². The Bertz CT molecular complexity index is 1510. The number of hydrogen-bond donors (Lipinski definition) is 0. The predicted octanol–water partition coefficient (Wildman–Crippen LogP) is 4.35. The summed E-state index contributed by atoms with van der Waals surface area (Å²) >= 11 is 0. The highest BCUT2D eigenvalue weighted by Crippen LogP contribution is 2.32. The highest BCUT2D eigenvalue weighted by Gasteiger charge is 2.47. The van der Waals surface area contributed by atoms with Crippen molar-refractivity contribution < 1.29 is 27.2 Å². The number of rotatable bonds is 8. The summed E-state index contributed by atoms with van der Waals surface area (Å²) in [5, 5.41) is 1.64. The Morgan fingerprint density at radius 3 is 2.42 bits per heavy atom. The van der Waals surface area contributed by atoms with Crippen molar-refractivity contribution >= 4 is 38.3 Å². The van der Waals surface area contributed by atoms with Crippen LogP contribution in [0, 0.1) is 0 Å². The van der Waals surface area contributed by atoms with Crippen LogP contribution in [0.25, 0.3) is 10.8 Å². The van der Waals surface area contributed by atoms with Gasteiger partial charge in [-0.2, -0.15) is 4.31 Å². The fourth-order valence-electron chi connectivity index (χ4n) is 4.35. The Morgan fingerprint density at radius 1 is 0.972 bits per heavy atom. The van der Waals surface area contributed by atoms with Crippen molar-refractivity contribution in [1.82, 2.24) is 4.31 Å². The van der Waals surface area contributed by atoms with Gasteiger partial charge < -0.3 is 9.15 Å². The molecule has 0 saturated carbocycles. The average molecular weight is 505 g/mol. The van der Waals surface area contributed by atoms with Crippen molar-refractivity contribution in [2.45, 2.75) is 30.8 Å². The van der Waals surface area contributed by atoms with E-state index in [9.17, 15) is 18.0 Å². The molecule has 36 heavy (non-hydrogen) atoms. The molecule has 1 aliphatic rings. The first kappa shape index (κ1) is 23.8. The minimum Gasteiger partial charge on any atom is -0.494 e. The lowest BCUT2D eigenvalue weighted by Crippen LogP contribution is -2.45. The smallest absolute Gasteiger partial charge is 0.252 e. The van der Waals surface area contributed by atoms with Gasteiger partial charge in [0.2, 0.25) is 15.9 Å². The molecule has 3 aromatic carbocycles. The summed E-state index contributed by atoms with van der Waals surface area (Å²) in [5.41, 5.74) is 0.358. The van der Waals surface area contributed by atoms with Crippen LogP contribution in [0.5, 0.6) is 5.75 Å². The molecule has 0 N–H and O–H groups in total. The molecule has 1 fully saturated rings. The van der Waals surface area contributed by atoms with Crippen LogP contribution >= 0.6 is 0 Å². The van der Waals surface area contributed by atoms with E-state index in [1.807, 2.05) is 31.2 Å². The van der Waals surface area contributed by atoms with Crippen LogP contribution < -0.4 is 9.64 Å². The second-order valence-electron chi connectivity index (χ2n) is 8.35. The minimum atomic E-state index is -4.17. The lowest BCUT2D eigenvalue weighted by molar-refractivity contribution is -0.122. The van der Waals surface area contributed by atoms with Crippen LogP contribution in [0.15, 0.2) is 94.4 Å². The Labute approximate surface area is 208 Å². The Kier molecular flexibility index (Phi) is 6.34. The molecular weight excluding hydrogens is 480 g/mol. The second-order valence-corrected chi connectivity index (χ2v) is 10.2. The number of anilines is 1. The van der Waals surface area contributed by atoms with E-state index in [0.29, 0.717) is 23.8 Å². The molecule has 0 radical (unpaired) electrons. The molecule has 1 saturated heterocycles. The topological polar surface area (TPSA) is 97.1 Å². The van der Waals surface area contributed by atoms with Gasteiger partial charge in [-0.3, -0.25) is 9.59 Å². The summed E-state index contributed by atoms with van der Waals surface area (Å²) in [6.45, 7) is 2.15. The van der Waals surface area contributed by atoms with E-state index < -0.39 is 27.9 Å². The second kappa shape index (κ2) is 9.60. The molecule has 8 nitrogen and oxygen atoms in total. The largest absolute Gasteiger partial charge is 0.494 e. The van der Waals surface area contributed by atoms with Crippen LogP contribution in [-0.2, 0) is 26.2 Å². The highest BCUT2D eigenvalue weighted by molar-refractivity contribution is 7.89. The number of benzene rings is 3. The summed E-state index contributed by atoms with van der Waals surface area (Å²) in [7, 11) is -4.17. The molecule has 1 unspecified atom stereocenters. The minimum absolute atomic E-state index is 0.0347. The standard InChI is InChI=1S/C27H24N2O6S/c1-2-34-22-12-10-21(11-13-22)29-26(30)17-25(27(29)31)28(18-23-8-5-15-35-23)36(32,33)24-14-9-19-6-3-4-7-20(19)16-24/h3-16,25H,2,17-18H2,1H3. The quantitative estimate of drug-likeness (QED) is 0.331. The zero-order chi connectivity index (χ0) is 25.3. The number of ether oxygens (including phenoxy) is 1. The third-order valence-electron chi connectivity index (χ3n) is 6.10. The Balaban J connectivity index is 1.52. The first-order valence-electron chi connectivity index (χ1n) is 11.5. The van der Waals surface area contributed by atoms with E-state index in [-0.39, 0.29) is 17.9 Å². The van der Waals surface area contributed by atoms with Gasteiger partial charge in [0.05, 0.1) is 36.4 Å². The van der Waals surface area contributed by atoms with Crippen molar-refractivity contribution in [3.63, 3.8) is 0 Å². The number of sulfonamides is 1. The molecule has 1 aliphatic heterocycles. The molecule has 0 spiro atoms. The molecule has 4 aromatic rings. The maximum absolute atomic E-state index is 13.9. The number of amides is 2. The number of furan rings is 1. The van der Waals surface area contributed by atoms with Crippen molar-refractivity contribution in [2.75, 3.05) is 11.5 Å². The summed E-state index contributed by atoms with van der Waals surface area (Å²) < 4.78 is 39.7. The zero-order valence-corrected chi connectivity index (χ0v) is 20.4. The average Bonchev–Trinajstić information content (AvgIpc) is 3.50. The number of carbonyl (C=O) groups is 2. The van der Waals surface area contributed by atoms with Crippen LogP contribution in [-0.4, -0.2) is 37.2 Å². The van der Waals surface area contributed by atoms with E-state index in [1.54, 1.807) is 48.5 Å². The molecule has 0 aliphatic carbocycles. The Morgan fingerprint density at radius 2 is 1.72 bits per heavy atom. The van der Waals surface area contributed by atoms with Crippen molar-refractivity contribution in [2.24, 2.45) is 0 Å². The van der Waals surface area contributed by atoms with Crippen molar-refractivity contribution in [1.29, 1.82) is 0 Å². The highest BCUT2D eigenvalue weighted by atomic mass is 32.2. The molecule has 1 aromatic heterocycles. The van der Waals surface area contributed by atoms with E-state index in [4.69, 9.17) is 9.15 Å². The molecular formula is C27H24N2O6S. The first-order chi connectivity index (χ1) is 17.4. The van der Waals surface area contributed by atoms with Gasteiger partial charge in [0.25, 0.3) is 5.91 Å².